The maximum Gasteiger partial charge on any atom is 0.290 e. The number of nitrogens with zero attached hydrogens (tertiary/aromatic N) is 2. The molecule has 0 saturated carbocycles. The lowest BCUT2D eigenvalue weighted by atomic mass is 10.2. The first-order valence-corrected chi connectivity index (χ1v) is 6.62. The van der Waals surface area contributed by atoms with Crippen molar-refractivity contribution in [1.82, 2.24) is 14.9 Å². The van der Waals surface area contributed by atoms with E-state index < -0.39 is 0 Å². The van der Waals surface area contributed by atoms with Gasteiger partial charge in [0.1, 0.15) is 0 Å². The molecule has 20 heavy (non-hydrogen) atoms. The number of benzene rings is 1. The average molecular weight is 283 g/mol. The molecular formula is C14H9N3O2S. The van der Waals surface area contributed by atoms with Gasteiger partial charge >= 0.3 is 0 Å². The van der Waals surface area contributed by atoms with Crippen molar-refractivity contribution in [2.75, 3.05) is 0 Å². The van der Waals surface area contributed by atoms with Crippen molar-refractivity contribution >= 4 is 40.0 Å². The lowest BCUT2D eigenvalue weighted by molar-refractivity contribution is -0.115. The highest BCUT2D eigenvalue weighted by Crippen LogP contribution is 2.26. The molecule has 0 atom stereocenters. The van der Waals surface area contributed by atoms with Crippen molar-refractivity contribution < 1.29 is 9.59 Å². The summed E-state index contributed by atoms with van der Waals surface area (Å²) in [4.78, 5) is 27.3. The monoisotopic (exact) mass is 283 g/mol. The predicted molar refractivity (Wildman–Crippen MR) is 77.7 cm³/mol. The molecule has 1 aliphatic rings. The summed E-state index contributed by atoms with van der Waals surface area (Å²) in [5.74, 6) is 2.20. The van der Waals surface area contributed by atoms with E-state index in [1.807, 2.05) is 22.8 Å². The van der Waals surface area contributed by atoms with Gasteiger partial charge in [-0.1, -0.05) is 12.0 Å². The number of terminal acetylenes is 1. The third-order valence-electron chi connectivity index (χ3n) is 2.85. The molecule has 0 unspecified atom stereocenters. The summed E-state index contributed by atoms with van der Waals surface area (Å²) < 4.78 is 1.85. The Morgan fingerprint density at radius 2 is 2.30 bits per heavy atom. The van der Waals surface area contributed by atoms with Gasteiger partial charge in [-0.3, -0.25) is 14.9 Å². The zero-order valence-electron chi connectivity index (χ0n) is 10.3. The van der Waals surface area contributed by atoms with E-state index in [-0.39, 0.29) is 11.1 Å². The fraction of sp³-hybridized carbons (Fsp3) is 0.0714. The van der Waals surface area contributed by atoms with Gasteiger partial charge in [-0.15, -0.1) is 6.42 Å². The summed E-state index contributed by atoms with van der Waals surface area (Å²) >= 11 is 0.897. The molecule has 1 N–H and O–H groups in total. The van der Waals surface area contributed by atoms with Crippen molar-refractivity contribution in [1.29, 1.82) is 0 Å². The summed E-state index contributed by atoms with van der Waals surface area (Å²) in [5.41, 5.74) is 2.55. The molecule has 0 bridgehead atoms. The Labute approximate surface area is 119 Å². The van der Waals surface area contributed by atoms with E-state index in [0.717, 1.165) is 28.4 Å². The fourth-order valence-corrected chi connectivity index (χ4v) is 2.64. The van der Waals surface area contributed by atoms with E-state index in [9.17, 15) is 9.59 Å². The zero-order chi connectivity index (χ0) is 14.1. The van der Waals surface area contributed by atoms with E-state index in [4.69, 9.17) is 6.42 Å². The van der Waals surface area contributed by atoms with Crippen molar-refractivity contribution in [2.24, 2.45) is 0 Å². The van der Waals surface area contributed by atoms with E-state index >= 15 is 0 Å². The molecule has 1 saturated heterocycles. The Morgan fingerprint density at radius 3 is 3.00 bits per heavy atom. The Balaban J connectivity index is 2.03. The van der Waals surface area contributed by atoms with Crippen molar-refractivity contribution in [3.63, 3.8) is 0 Å². The average Bonchev–Trinajstić information content (AvgIpc) is 2.95. The number of nitrogens with one attached hydrogen (secondary N) is 1. The van der Waals surface area contributed by atoms with Crippen LogP contribution in [0.1, 0.15) is 5.56 Å². The number of carbonyl (C=O) groups excluding carboxylic acids is 2. The third kappa shape index (κ3) is 2.19. The van der Waals surface area contributed by atoms with Crippen molar-refractivity contribution in [2.45, 2.75) is 6.54 Å². The van der Waals surface area contributed by atoms with Gasteiger partial charge < -0.3 is 4.57 Å². The number of hydrogen-bond donors (Lipinski definition) is 1. The van der Waals surface area contributed by atoms with Crippen LogP contribution in [0.25, 0.3) is 17.1 Å². The first-order valence-electron chi connectivity index (χ1n) is 5.80. The van der Waals surface area contributed by atoms with E-state index in [2.05, 4.69) is 16.2 Å². The first kappa shape index (κ1) is 12.5. The number of amides is 2. The summed E-state index contributed by atoms with van der Waals surface area (Å²) in [7, 11) is 0. The molecule has 2 heterocycles. The Hall–Kier alpha value is -2.52. The van der Waals surface area contributed by atoms with Gasteiger partial charge in [0.2, 0.25) is 0 Å². The van der Waals surface area contributed by atoms with Crippen LogP contribution >= 0.6 is 11.8 Å². The number of aromatic nitrogens is 2. The lowest BCUT2D eigenvalue weighted by Crippen LogP contribution is -2.17. The Morgan fingerprint density at radius 1 is 1.45 bits per heavy atom. The predicted octanol–water partition coefficient (Wildman–Crippen LogP) is 1.99. The zero-order valence-corrected chi connectivity index (χ0v) is 11.1. The minimum atomic E-state index is -0.364. The first-order chi connectivity index (χ1) is 9.67. The number of rotatable bonds is 2. The highest BCUT2D eigenvalue weighted by atomic mass is 32.2. The molecule has 0 radical (unpaired) electrons. The standard InChI is InChI=1S/C14H9N3O2S/c1-2-5-17-8-15-10-4-3-9(6-11(10)17)7-12-13(18)16-14(19)20-12/h1,3-4,6-8H,5H2,(H,16,18,19)/b12-7+. The summed E-state index contributed by atoms with van der Waals surface area (Å²) in [6, 6.07) is 5.59. The fourth-order valence-electron chi connectivity index (χ4n) is 1.96. The largest absolute Gasteiger partial charge is 0.319 e. The second kappa shape index (κ2) is 4.87. The van der Waals surface area contributed by atoms with Crippen LogP contribution in [0.2, 0.25) is 0 Å². The normalized spacial score (nSPS) is 16.6. The summed E-state index contributed by atoms with van der Waals surface area (Å²) in [6.45, 7) is 0.435. The highest BCUT2D eigenvalue weighted by Gasteiger charge is 2.24. The van der Waals surface area contributed by atoms with Crippen LogP contribution in [0.15, 0.2) is 29.4 Å². The molecule has 1 aliphatic heterocycles. The molecule has 1 fully saturated rings. The van der Waals surface area contributed by atoms with Crippen LogP contribution < -0.4 is 5.32 Å². The van der Waals surface area contributed by atoms with E-state index in [1.54, 1.807) is 12.4 Å². The minimum Gasteiger partial charge on any atom is -0.319 e. The molecule has 0 spiro atoms. The third-order valence-corrected chi connectivity index (χ3v) is 3.66. The number of thioether (sulfide) groups is 1. The van der Waals surface area contributed by atoms with Gasteiger partial charge in [-0.25, -0.2) is 4.98 Å². The number of fused-ring (bicyclic) bond motifs is 1. The molecule has 0 aliphatic carbocycles. The number of hydrogen-bond acceptors (Lipinski definition) is 4. The van der Waals surface area contributed by atoms with Crippen molar-refractivity contribution in [3.8, 4) is 12.3 Å². The van der Waals surface area contributed by atoms with Crippen molar-refractivity contribution in [3.05, 3.63) is 35.0 Å². The highest BCUT2D eigenvalue weighted by molar-refractivity contribution is 8.18. The Kier molecular flexibility index (Phi) is 3.05. The van der Waals surface area contributed by atoms with Crippen LogP contribution in [-0.4, -0.2) is 20.7 Å². The SMILES string of the molecule is C#CCn1cnc2ccc(/C=C3/SC(=O)NC3=O)cc21. The van der Waals surface area contributed by atoms with Gasteiger partial charge in [0.05, 0.1) is 28.8 Å². The number of imide groups is 1. The topological polar surface area (TPSA) is 64.0 Å². The maximum atomic E-state index is 11.5. The quantitative estimate of drug-likeness (QED) is 0.676. The van der Waals surface area contributed by atoms with Crippen LogP contribution in [0.3, 0.4) is 0 Å². The minimum absolute atomic E-state index is 0.347. The van der Waals surface area contributed by atoms with Gasteiger partial charge in [0.15, 0.2) is 0 Å². The maximum absolute atomic E-state index is 11.5. The molecule has 3 rings (SSSR count). The van der Waals surface area contributed by atoms with Crippen LogP contribution in [0, 0.1) is 12.3 Å². The summed E-state index contributed by atoms with van der Waals surface area (Å²) in [6.07, 6.45) is 8.67. The molecule has 2 aromatic rings. The van der Waals surface area contributed by atoms with E-state index in [0.29, 0.717) is 11.4 Å². The second-order valence-electron chi connectivity index (χ2n) is 4.18. The van der Waals surface area contributed by atoms with Gasteiger partial charge in [-0.05, 0) is 35.5 Å². The molecule has 5 nitrogen and oxygen atoms in total. The smallest absolute Gasteiger partial charge is 0.290 e. The molecule has 6 heteroatoms. The van der Waals surface area contributed by atoms with Crippen LogP contribution in [-0.2, 0) is 11.3 Å². The van der Waals surface area contributed by atoms with Gasteiger partial charge in [-0.2, -0.15) is 0 Å². The molecule has 2 amide bonds. The molecular weight excluding hydrogens is 274 g/mol. The number of carbonyl (C=O) groups is 2. The van der Waals surface area contributed by atoms with Crippen LogP contribution in [0.5, 0.6) is 0 Å². The molecule has 1 aromatic carbocycles. The lowest BCUT2D eigenvalue weighted by Gasteiger charge is -2.00. The van der Waals surface area contributed by atoms with Crippen LogP contribution in [0.4, 0.5) is 4.79 Å². The second-order valence-corrected chi connectivity index (χ2v) is 5.19. The molecule has 1 aromatic heterocycles. The van der Waals surface area contributed by atoms with E-state index in [1.165, 1.54) is 0 Å². The van der Waals surface area contributed by atoms with Gasteiger partial charge in [0, 0.05) is 0 Å². The summed E-state index contributed by atoms with van der Waals surface area (Å²) in [5, 5.41) is 1.88. The Bertz CT molecular complexity index is 798. The van der Waals surface area contributed by atoms with Gasteiger partial charge in [0.25, 0.3) is 11.1 Å². The molecule has 98 valence electrons. The number of imidazole rings is 1.